The monoisotopic (exact) mass is 696 g/mol. The molecule has 0 unspecified atom stereocenters. The third kappa shape index (κ3) is 8.84. The number of rotatable bonds is 12. The standard InChI is InChI=1S/C30H24N4S8/c1-5-13-31-21(9-1)17-35-25-26(36-18-22-10-2-6-14-32-22)40-29(39-25)30-41-27(37-19-23-11-3-7-15-33-23)28(42-30)38-20-24-12-4-8-16-34-24/h1-16H,17-20H2. The van der Waals surface area contributed by atoms with Crippen LogP contribution in [0.15, 0.2) is 123 Å². The molecule has 2 aliphatic heterocycles. The molecule has 0 N–H and O–H groups in total. The summed E-state index contributed by atoms with van der Waals surface area (Å²) in [6.45, 7) is 0. The molecule has 0 fully saturated rings. The third-order valence-corrected chi connectivity index (χ3v) is 17.3. The number of hydrogen-bond donors (Lipinski definition) is 0. The molecule has 0 aromatic carbocycles. The van der Waals surface area contributed by atoms with E-state index in [-0.39, 0.29) is 0 Å². The molecule has 6 heterocycles. The molecule has 0 spiro atoms. The largest absolute Gasteiger partial charge is 0.260 e. The summed E-state index contributed by atoms with van der Waals surface area (Å²) in [6.07, 6.45) is 7.49. The Hall–Kier alpha value is -1.38. The fourth-order valence-corrected chi connectivity index (χ4v) is 15.2. The first-order valence-electron chi connectivity index (χ1n) is 12.9. The van der Waals surface area contributed by atoms with Gasteiger partial charge >= 0.3 is 0 Å². The van der Waals surface area contributed by atoms with Crippen molar-refractivity contribution in [2.24, 2.45) is 0 Å². The Kier molecular flexibility index (Phi) is 11.7. The highest BCUT2D eigenvalue weighted by Crippen LogP contribution is 2.66. The van der Waals surface area contributed by atoms with Gasteiger partial charge in [-0.25, -0.2) is 0 Å². The minimum atomic E-state index is 0.856. The first-order valence-corrected chi connectivity index (χ1v) is 20.1. The van der Waals surface area contributed by atoms with Crippen molar-refractivity contribution >= 4 is 94.1 Å². The minimum Gasteiger partial charge on any atom is -0.260 e. The molecular formula is C30H24N4S8. The Morgan fingerprint density at radius 1 is 0.381 bits per heavy atom. The van der Waals surface area contributed by atoms with Gasteiger partial charge in [0, 0.05) is 47.8 Å². The van der Waals surface area contributed by atoms with Crippen molar-refractivity contribution in [2.45, 2.75) is 23.0 Å². The summed E-state index contributed by atoms with van der Waals surface area (Å²) < 4.78 is 8.14. The van der Waals surface area contributed by atoms with E-state index in [4.69, 9.17) is 0 Å². The Balaban J connectivity index is 1.19. The number of nitrogens with zero attached hydrogens (tertiary/aromatic N) is 4. The summed E-state index contributed by atoms with van der Waals surface area (Å²) in [7, 11) is 0. The maximum absolute atomic E-state index is 4.55. The molecule has 0 saturated heterocycles. The smallest absolute Gasteiger partial charge is 0.0717 e. The highest BCUT2D eigenvalue weighted by molar-refractivity contribution is 8.44. The molecule has 212 valence electrons. The van der Waals surface area contributed by atoms with Crippen LogP contribution in [0, 0.1) is 0 Å². The molecule has 0 saturated carbocycles. The molecule has 4 nitrogen and oxygen atoms in total. The molecule has 12 heteroatoms. The van der Waals surface area contributed by atoms with Crippen LogP contribution in [0.3, 0.4) is 0 Å². The highest BCUT2D eigenvalue weighted by atomic mass is 32.3. The van der Waals surface area contributed by atoms with Crippen LogP contribution in [0.2, 0.25) is 0 Å². The quantitative estimate of drug-likeness (QED) is 0.142. The predicted molar refractivity (Wildman–Crippen MR) is 194 cm³/mol. The lowest BCUT2D eigenvalue weighted by Crippen LogP contribution is -1.86. The van der Waals surface area contributed by atoms with Crippen LogP contribution in [-0.2, 0) is 23.0 Å². The van der Waals surface area contributed by atoms with Crippen LogP contribution < -0.4 is 0 Å². The summed E-state index contributed by atoms with van der Waals surface area (Å²) >= 11 is 15.2. The van der Waals surface area contributed by atoms with Gasteiger partial charge in [0.1, 0.15) is 0 Å². The van der Waals surface area contributed by atoms with Gasteiger partial charge in [0.25, 0.3) is 0 Å². The number of aromatic nitrogens is 4. The minimum absolute atomic E-state index is 0.856. The molecule has 6 rings (SSSR count). The second kappa shape index (κ2) is 16.1. The molecule has 42 heavy (non-hydrogen) atoms. The topological polar surface area (TPSA) is 51.6 Å². The summed E-state index contributed by atoms with van der Waals surface area (Å²) in [5, 5.41) is 0. The molecule has 0 atom stereocenters. The van der Waals surface area contributed by atoms with Gasteiger partial charge < -0.3 is 0 Å². The predicted octanol–water partition coefficient (Wildman–Crippen LogP) is 10.6. The van der Waals surface area contributed by atoms with Gasteiger partial charge in [0.15, 0.2) is 0 Å². The summed E-state index contributed by atoms with van der Waals surface area (Å²) in [6, 6.07) is 24.5. The summed E-state index contributed by atoms with van der Waals surface area (Å²) in [4.78, 5) is 18.2. The van der Waals surface area contributed by atoms with Crippen molar-refractivity contribution in [3.63, 3.8) is 0 Å². The molecule has 0 radical (unpaired) electrons. The van der Waals surface area contributed by atoms with Gasteiger partial charge in [-0.05, 0) is 48.5 Å². The van der Waals surface area contributed by atoms with E-state index in [1.807, 2.05) is 143 Å². The van der Waals surface area contributed by atoms with Gasteiger partial charge in [-0.1, -0.05) is 71.3 Å². The molecule has 2 aliphatic rings. The van der Waals surface area contributed by atoms with Crippen molar-refractivity contribution in [1.82, 2.24) is 19.9 Å². The Morgan fingerprint density at radius 3 is 0.857 bits per heavy atom. The average molecular weight is 697 g/mol. The van der Waals surface area contributed by atoms with E-state index in [9.17, 15) is 0 Å². The number of hydrogen-bond acceptors (Lipinski definition) is 12. The van der Waals surface area contributed by atoms with Crippen LogP contribution in [0.5, 0.6) is 0 Å². The zero-order valence-electron chi connectivity index (χ0n) is 22.1. The second-order valence-electron chi connectivity index (χ2n) is 8.57. The Labute approximate surface area is 280 Å². The lowest BCUT2D eigenvalue weighted by Gasteiger charge is -2.05. The fraction of sp³-hybridized carbons (Fsp3) is 0.133. The Bertz CT molecular complexity index is 1330. The maximum Gasteiger partial charge on any atom is 0.0717 e. The fourth-order valence-electron chi connectivity index (χ4n) is 3.56. The van der Waals surface area contributed by atoms with E-state index >= 15 is 0 Å². The van der Waals surface area contributed by atoms with Crippen molar-refractivity contribution < 1.29 is 0 Å². The normalized spacial score (nSPS) is 15.2. The van der Waals surface area contributed by atoms with Crippen molar-refractivity contribution in [2.75, 3.05) is 0 Å². The zero-order chi connectivity index (χ0) is 28.4. The summed E-state index contributed by atoms with van der Waals surface area (Å²) in [5.41, 5.74) is 4.40. The van der Waals surface area contributed by atoms with Crippen LogP contribution in [0.4, 0.5) is 0 Å². The summed E-state index contributed by atoms with van der Waals surface area (Å²) in [5.74, 6) is 3.42. The van der Waals surface area contributed by atoms with Gasteiger partial charge in [0.2, 0.25) is 0 Å². The third-order valence-electron chi connectivity index (χ3n) is 5.55. The molecule has 0 amide bonds. The van der Waals surface area contributed by atoms with E-state index in [0.29, 0.717) is 0 Å². The van der Waals surface area contributed by atoms with Gasteiger partial charge in [-0.3, -0.25) is 19.9 Å². The highest BCUT2D eigenvalue weighted by Gasteiger charge is 2.31. The van der Waals surface area contributed by atoms with Crippen LogP contribution in [-0.4, -0.2) is 19.9 Å². The maximum atomic E-state index is 4.55. The second-order valence-corrected chi connectivity index (χ2v) is 18.1. The molecule has 0 bridgehead atoms. The van der Waals surface area contributed by atoms with Crippen LogP contribution >= 0.6 is 94.1 Å². The first kappa shape index (κ1) is 30.6. The van der Waals surface area contributed by atoms with E-state index < -0.39 is 0 Å². The molecular weight excluding hydrogens is 673 g/mol. The van der Waals surface area contributed by atoms with Gasteiger partial charge in [0.05, 0.1) is 48.2 Å². The van der Waals surface area contributed by atoms with Crippen molar-refractivity contribution in [3.8, 4) is 0 Å². The van der Waals surface area contributed by atoms with Crippen molar-refractivity contribution in [1.29, 1.82) is 0 Å². The molecule has 4 aromatic heterocycles. The Morgan fingerprint density at radius 2 is 0.643 bits per heavy atom. The van der Waals surface area contributed by atoms with E-state index in [2.05, 4.69) is 68.5 Å². The van der Waals surface area contributed by atoms with Crippen molar-refractivity contribution in [3.05, 3.63) is 146 Å². The van der Waals surface area contributed by atoms with E-state index in [0.717, 1.165) is 45.8 Å². The van der Waals surface area contributed by atoms with Crippen LogP contribution in [0.25, 0.3) is 0 Å². The van der Waals surface area contributed by atoms with E-state index in [1.54, 1.807) is 0 Å². The zero-order valence-corrected chi connectivity index (χ0v) is 28.7. The number of pyridine rings is 4. The van der Waals surface area contributed by atoms with Gasteiger partial charge in [-0.15, -0.1) is 47.0 Å². The lowest BCUT2D eigenvalue weighted by atomic mass is 10.4. The molecule has 4 aromatic rings. The average Bonchev–Trinajstić information content (AvgIpc) is 3.66. The lowest BCUT2D eigenvalue weighted by molar-refractivity contribution is 1.18. The number of thioether (sulfide) groups is 8. The van der Waals surface area contributed by atoms with Crippen LogP contribution in [0.1, 0.15) is 22.8 Å². The van der Waals surface area contributed by atoms with E-state index in [1.165, 1.54) is 25.4 Å². The SMILES string of the molecule is c1ccc(CSC2=C(SCc3ccccn3)SC(=C3SC(SCc4ccccn4)=C(SCc4ccccn4)S3)S2)nc1. The first-order chi connectivity index (χ1) is 20.8. The van der Waals surface area contributed by atoms with Gasteiger partial charge in [-0.2, -0.15) is 0 Å². The molecule has 0 aliphatic carbocycles.